The van der Waals surface area contributed by atoms with Gasteiger partial charge in [-0.25, -0.2) is 13.4 Å². The van der Waals surface area contributed by atoms with Crippen LogP contribution in [-0.4, -0.2) is 63.1 Å². The second-order valence-corrected chi connectivity index (χ2v) is 10.8. The number of methoxy groups -OCH3 is 2. The van der Waals surface area contributed by atoms with Crippen molar-refractivity contribution in [1.82, 2.24) is 14.7 Å². The van der Waals surface area contributed by atoms with Crippen LogP contribution < -0.4 is 20.3 Å². The van der Waals surface area contributed by atoms with Crippen LogP contribution in [0.15, 0.2) is 41.3 Å². The van der Waals surface area contributed by atoms with Gasteiger partial charge in [-0.2, -0.15) is 4.31 Å². The van der Waals surface area contributed by atoms with E-state index in [1.165, 1.54) is 39.9 Å². The fourth-order valence-electron chi connectivity index (χ4n) is 3.78. The number of carbonyl (C=O) groups excluding carboxylic acids is 1. The molecule has 1 fully saturated rings. The van der Waals surface area contributed by atoms with Crippen LogP contribution in [0.4, 0.5) is 5.13 Å². The molecule has 0 aliphatic carbocycles. The molecule has 2 N–H and O–H groups in total. The summed E-state index contributed by atoms with van der Waals surface area (Å²) in [5, 5.41) is 0.445. The lowest BCUT2D eigenvalue weighted by Crippen LogP contribution is -2.48. The SMILES string of the molecule is COc1ccc(OC)c2sc(NNC(=O)c3ccc(S(=O)(=O)N4CC(C)OC(C)C4)cc3)nc12. The van der Waals surface area contributed by atoms with E-state index in [-0.39, 0.29) is 30.2 Å². The van der Waals surface area contributed by atoms with E-state index in [2.05, 4.69) is 15.8 Å². The molecule has 182 valence electrons. The predicted molar refractivity (Wildman–Crippen MR) is 129 cm³/mol. The van der Waals surface area contributed by atoms with Crippen LogP contribution in [-0.2, 0) is 14.8 Å². The van der Waals surface area contributed by atoms with Crippen molar-refractivity contribution in [3.05, 3.63) is 42.0 Å². The number of nitrogens with one attached hydrogen (secondary N) is 2. The normalized spacial score (nSPS) is 19.1. The summed E-state index contributed by atoms with van der Waals surface area (Å²) in [7, 11) is -0.555. The lowest BCUT2D eigenvalue weighted by molar-refractivity contribution is -0.0440. The van der Waals surface area contributed by atoms with Gasteiger partial charge in [0.05, 0.1) is 31.3 Å². The quantitative estimate of drug-likeness (QED) is 0.470. The van der Waals surface area contributed by atoms with Crippen molar-refractivity contribution in [2.75, 3.05) is 32.7 Å². The van der Waals surface area contributed by atoms with Crippen molar-refractivity contribution >= 4 is 42.6 Å². The number of hydrogen-bond donors (Lipinski definition) is 2. The number of ether oxygens (including phenoxy) is 3. The molecule has 10 nitrogen and oxygen atoms in total. The summed E-state index contributed by atoms with van der Waals surface area (Å²) in [6, 6.07) is 9.36. The number of fused-ring (bicyclic) bond motifs is 1. The molecule has 1 saturated heterocycles. The number of thiazole rings is 1. The van der Waals surface area contributed by atoms with Crippen LogP contribution >= 0.6 is 11.3 Å². The Morgan fingerprint density at radius 1 is 1.06 bits per heavy atom. The minimum atomic E-state index is -3.68. The summed E-state index contributed by atoms with van der Waals surface area (Å²) in [5.74, 6) is 0.802. The molecule has 2 atom stereocenters. The minimum Gasteiger partial charge on any atom is -0.495 e. The maximum absolute atomic E-state index is 13.0. The summed E-state index contributed by atoms with van der Waals surface area (Å²) in [4.78, 5) is 17.2. The van der Waals surface area contributed by atoms with Crippen LogP contribution in [0.5, 0.6) is 11.5 Å². The Kier molecular flexibility index (Phi) is 6.94. The lowest BCUT2D eigenvalue weighted by atomic mass is 10.2. The van der Waals surface area contributed by atoms with Crippen molar-refractivity contribution in [2.24, 2.45) is 0 Å². The zero-order valence-electron chi connectivity index (χ0n) is 19.2. The van der Waals surface area contributed by atoms with Gasteiger partial charge in [0.15, 0.2) is 0 Å². The van der Waals surface area contributed by atoms with E-state index in [4.69, 9.17) is 14.2 Å². The van der Waals surface area contributed by atoms with E-state index < -0.39 is 15.9 Å². The summed E-state index contributed by atoms with van der Waals surface area (Å²) >= 11 is 1.30. The van der Waals surface area contributed by atoms with E-state index in [1.54, 1.807) is 26.4 Å². The number of amides is 1. The second kappa shape index (κ2) is 9.74. The van der Waals surface area contributed by atoms with Crippen molar-refractivity contribution in [1.29, 1.82) is 0 Å². The molecule has 1 aromatic heterocycles. The third-order valence-electron chi connectivity index (χ3n) is 5.33. The van der Waals surface area contributed by atoms with Crippen LogP contribution in [0.2, 0.25) is 0 Å². The van der Waals surface area contributed by atoms with Crippen LogP contribution in [0, 0.1) is 0 Å². The molecule has 1 amide bonds. The first-order valence-electron chi connectivity index (χ1n) is 10.6. The van der Waals surface area contributed by atoms with Crippen LogP contribution in [0.25, 0.3) is 10.2 Å². The third-order valence-corrected chi connectivity index (χ3v) is 8.16. The maximum atomic E-state index is 13.0. The van der Waals surface area contributed by atoms with E-state index >= 15 is 0 Å². The monoisotopic (exact) mass is 506 g/mol. The Hall–Kier alpha value is -2.93. The Bertz CT molecular complexity index is 1240. The number of rotatable bonds is 7. The number of hydrogen-bond acceptors (Lipinski definition) is 9. The average Bonchev–Trinajstić information content (AvgIpc) is 3.25. The molecule has 0 radical (unpaired) electrons. The smallest absolute Gasteiger partial charge is 0.269 e. The van der Waals surface area contributed by atoms with Crippen molar-refractivity contribution in [3.63, 3.8) is 0 Å². The van der Waals surface area contributed by atoms with Gasteiger partial charge in [-0.1, -0.05) is 11.3 Å². The van der Waals surface area contributed by atoms with E-state index in [0.29, 0.717) is 27.7 Å². The molecule has 0 saturated carbocycles. The fraction of sp³-hybridized carbons (Fsp3) is 0.364. The third kappa shape index (κ3) is 4.80. The highest BCUT2D eigenvalue weighted by Gasteiger charge is 2.32. The van der Waals surface area contributed by atoms with Gasteiger partial charge in [-0.15, -0.1) is 0 Å². The number of anilines is 1. The number of nitrogens with zero attached hydrogens (tertiary/aromatic N) is 2. The molecule has 4 rings (SSSR count). The molecule has 12 heteroatoms. The van der Waals surface area contributed by atoms with Gasteiger partial charge in [0.2, 0.25) is 15.2 Å². The van der Waals surface area contributed by atoms with Gasteiger partial charge < -0.3 is 14.2 Å². The number of benzene rings is 2. The molecule has 1 aliphatic rings. The molecular weight excluding hydrogens is 480 g/mol. The molecule has 2 aromatic carbocycles. The van der Waals surface area contributed by atoms with Crippen molar-refractivity contribution in [2.45, 2.75) is 31.0 Å². The molecule has 0 bridgehead atoms. The summed E-state index contributed by atoms with van der Waals surface area (Å²) in [6.07, 6.45) is -0.366. The van der Waals surface area contributed by atoms with Gasteiger partial charge in [0.1, 0.15) is 21.7 Å². The van der Waals surface area contributed by atoms with Crippen LogP contribution in [0.3, 0.4) is 0 Å². The van der Waals surface area contributed by atoms with E-state index in [1.807, 2.05) is 13.8 Å². The average molecular weight is 507 g/mol. The van der Waals surface area contributed by atoms with Crippen molar-refractivity contribution < 1.29 is 27.4 Å². The first kappa shape index (κ1) is 24.2. The number of morpholine rings is 1. The fourth-order valence-corrected chi connectivity index (χ4v) is 6.29. The molecule has 1 aliphatic heterocycles. The Labute approximate surface area is 201 Å². The van der Waals surface area contributed by atoms with Gasteiger partial charge in [-0.05, 0) is 50.2 Å². The van der Waals surface area contributed by atoms with Gasteiger partial charge in [0, 0.05) is 18.7 Å². The number of hydrazine groups is 1. The molecule has 2 heterocycles. The Morgan fingerprint density at radius 2 is 1.68 bits per heavy atom. The van der Waals surface area contributed by atoms with Gasteiger partial charge in [0.25, 0.3) is 5.91 Å². The topological polar surface area (TPSA) is 119 Å². The zero-order valence-corrected chi connectivity index (χ0v) is 20.8. The number of carbonyl (C=O) groups is 1. The van der Waals surface area contributed by atoms with E-state index in [0.717, 1.165) is 4.70 Å². The lowest BCUT2D eigenvalue weighted by Gasteiger charge is -2.34. The minimum absolute atomic E-state index is 0.128. The van der Waals surface area contributed by atoms with Crippen LogP contribution in [0.1, 0.15) is 24.2 Å². The predicted octanol–water partition coefficient (Wildman–Crippen LogP) is 2.87. The standard InChI is InChI=1S/C22H26N4O6S2/c1-13-11-26(12-14(2)32-13)34(28,29)16-7-5-15(6-8-16)21(27)24-25-22-23-19-17(30-3)9-10-18(31-4)20(19)33-22/h5-10,13-14H,11-12H2,1-4H3,(H,23,25)(H,24,27). The molecular formula is C22H26N4O6S2. The zero-order chi connectivity index (χ0) is 24.5. The van der Waals surface area contributed by atoms with Gasteiger partial charge in [-0.3, -0.25) is 15.6 Å². The highest BCUT2D eigenvalue weighted by Crippen LogP contribution is 2.38. The summed E-state index contributed by atoms with van der Waals surface area (Å²) < 4.78 is 44.5. The van der Waals surface area contributed by atoms with Gasteiger partial charge >= 0.3 is 0 Å². The first-order valence-corrected chi connectivity index (χ1v) is 12.8. The summed E-state index contributed by atoms with van der Waals surface area (Å²) in [5.41, 5.74) is 6.30. The molecule has 0 spiro atoms. The number of sulfonamides is 1. The van der Waals surface area contributed by atoms with Crippen molar-refractivity contribution in [3.8, 4) is 11.5 Å². The largest absolute Gasteiger partial charge is 0.495 e. The molecule has 34 heavy (non-hydrogen) atoms. The highest BCUT2D eigenvalue weighted by atomic mass is 32.2. The van der Waals surface area contributed by atoms with E-state index in [9.17, 15) is 13.2 Å². The number of aromatic nitrogens is 1. The Morgan fingerprint density at radius 3 is 2.29 bits per heavy atom. The summed E-state index contributed by atoms with van der Waals surface area (Å²) in [6.45, 7) is 4.26. The second-order valence-electron chi connectivity index (χ2n) is 7.85. The Balaban J connectivity index is 1.45. The first-order chi connectivity index (χ1) is 16.2. The maximum Gasteiger partial charge on any atom is 0.269 e. The molecule has 2 unspecified atom stereocenters. The highest BCUT2D eigenvalue weighted by molar-refractivity contribution is 7.89. The molecule has 3 aromatic rings.